The summed E-state index contributed by atoms with van der Waals surface area (Å²) in [5, 5.41) is 3.11. The molecule has 1 aromatic carbocycles. The first-order valence-corrected chi connectivity index (χ1v) is 4.31. The number of hydrogen-bond donors (Lipinski definition) is 1. The molecule has 0 heterocycles. The Kier molecular flexibility index (Phi) is 3.58. The van der Waals surface area contributed by atoms with Gasteiger partial charge in [-0.05, 0) is 31.2 Å². The standard InChI is InChI=1S/C9H10ClNO2/c1-2-11-7-3-5-8(6-4-7)13-9(10)12/h3-6,11H,2H2,1H3. The molecule has 0 aliphatic carbocycles. The number of rotatable bonds is 3. The molecule has 0 saturated heterocycles. The molecule has 0 atom stereocenters. The summed E-state index contributed by atoms with van der Waals surface area (Å²) < 4.78 is 4.65. The molecule has 0 amide bonds. The summed E-state index contributed by atoms with van der Waals surface area (Å²) in [6.07, 6.45) is 0. The van der Waals surface area contributed by atoms with Crippen molar-refractivity contribution in [3.8, 4) is 5.75 Å². The maximum atomic E-state index is 10.4. The fourth-order valence-corrected chi connectivity index (χ4v) is 1.03. The summed E-state index contributed by atoms with van der Waals surface area (Å²) >= 11 is 5.04. The minimum atomic E-state index is -0.823. The van der Waals surface area contributed by atoms with E-state index in [1.165, 1.54) is 0 Å². The predicted molar refractivity (Wildman–Crippen MR) is 52.5 cm³/mol. The Morgan fingerprint density at radius 3 is 2.54 bits per heavy atom. The van der Waals surface area contributed by atoms with Crippen LogP contribution in [0.3, 0.4) is 0 Å². The summed E-state index contributed by atoms with van der Waals surface area (Å²) in [5.74, 6) is 0.446. The SMILES string of the molecule is CCNc1ccc(OC(=O)Cl)cc1. The molecule has 1 N–H and O–H groups in total. The monoisotopic (exact) mass is 199 g/mol. The highest BCUT2D eigenvalue weighted by atomic mass is 35.5. The molecule has 1 aromatic rings. The van der Waals surface area contributed by atoms with Crippen LogP contribution in [0.25, 0.3) is 0 Å². The summed E-state index contributed by atoms with van der Waals surface area (Å²) in [6.45, 7) is 2.86. The third-order valence-corrected chi connectivity index (χ3v) is 1.51. The van der Waals surface area contributed by atoms with E-state index in [0.717, 1.165) is 12.2 Å². The topological polar surface area (TPSA) is 38.3 Å². The zero-order valence-electron chi connectivity index (χ0n) is 7.21. The van der Waals surface area contributed by atoms with Gasteiger partial charge in [0.05, 0.1) is 0 Å². The average Bonchev–Trinajstić information content (AvgIpc) is 2.08. The first kappa shape index (κ1) is 9.86. The van der Waals surface area contributed by atoms with Crippen LogP contribution in [0.1, 0.15) is 6.92 Å². The third-order valence-electron chi connectivity index (χ3n) is 1.43. The molecule has 0 fully saturated rings. The van der Waals surface area contributed by atoms with Gasteiger partial charge in [-0.15, -0.1) is 0 Å². The number of carbonyl (C=O) groups is 1. The van der Waals surface area contributed by atoms with Gasteiger partial charge in [0.25, 0.3) is 0 Å². The normalized spacial score (nSPS) is 9.38. The lowest BCUT2D eigenvalue weighted by atomic mass is 10.3. The van der Waals surface area contributed by atoms with Gasteiger partial charge in [-0.3, -0.25) is 0 Å². The second-order valence-electron chi connectivity index (χ2n) is 2.39. The van der Waals surface area contributed by atoms with Gasteiger partial charge in [-0.1, -0.05) is 0 Å². The minimum absolute atomic E-state index is 0.446. The number of hydrogen-bond acceptors (Lipinski definition) is 3. The lowest BCUT2D eigenvalue weighted by Crippen LogP contribution is -1.98. The summed E-state index contributed by atoms with van der Waals surface area (Å²) in [5.41, 5.74) is 0.160. The zero-order chi connectivity index (χ0) is 9.68. The smallest absolute Gasteiger partial charge is 0.409 e. The first-order valence-electron chi connectivity index (χ1n) is 3.93. The molecule has 0 unspecified atom stereocenters. The first-order chi connectivity index (χ1) is 6.22. The van der Waals surface area contributed by atoms with E-state index in [1.807, 2.05) is 19.1 Å². The predicted octanol–water partition coefficient (Wildman–Crippen LogP) is 2.86. The van der Waals surface area contributed by atoms with Crippen LogP contribution in [-0.4, -0.2) is 12.0 Å². The highest BCUT2D eigenvalue weighted by Crippen LogP contribution is 2.16. The summed E-state index contributed by atoms with van der Waals surface area (Å²) in [7, 11) is 0. The van der Waals surface area contributed by atoms with Crippen molar-refractivity contribution in [3.63, 3.8) is 0 Å². The quantitative estimate of drug-likeness (QED) is 0.761. The molecule has 13 heavy (non-hydrogen) atoms. The Labute approximate surface area is 81.7 Å². The number of anilines is 1. The van der Waals surface area contributed by atoms with Gasteiger partial charge in [0, 0.05) is 23.8 Å². The average molecular weight is 200 g/mol. The van der Waals surface area contributed by atoms with Crippen LogP contribution in [-0.2, 0) is 0 Å². The molecular weight excluding hydrogens is 190 g/mol. The van der Waals surface area contributed by atoms with Gasteiger partial charge in [-0.2, -0.15) is 0 Å². The molecule has 1 rings (SSSR count). The molecule has 0 aliphatic rings. The van der Waals surface area contributed by atoms with Crippen LogP contribution in [0.15, 0.2) is 24.3 Å². The van der Waals surface area contributed by atoms with Crippen LogP contribution in [0.2, 0.25) is 0 Å². The molecule has 0 radical (unpaired) electrons. The molecule has 0 spiro atoms. The lowest BCUT2D eigenvalue weighted by molar-refractivity contribution is 0.225. The van der Waals surface area contributed by atoms with Crippen LogP contribution < -0.4 is 10.1 Å². The maximum absolute atomic E-state index is 10.4. The van der Waals surface area contributed by atoms with Crippen LogP contribution in [0.4, 0.5) is 10.5 Å². The van der Waals surface area contributed by atoms with Crippen LogP contribution in [0.5, 0.6) is 5.75 Å². The Bertz CT molecular complexity index is 284. The van der Waals surface area contributed by atoms with Gasteiger partial charge in [-0.25, -0.2) is 4.79 Å². The van der Waals surface area contributed by atoms with Gasteiger partial charge < -0.3 is 10.1 Å². The number of carbonyl (C=O) groups excluding carboxylic acids is 1. The number of halogens is 1. The van der Waals surface area contributed by atoms with Gasteiger partial charge in [0.15, 0.2) is 0 Å². The van der Waals surface area contributed by atoms with E-state index in [-0.39, 0.29) is 0 Å². The van der Waals surface area contributed by atoms with E-state index in [4.69, 9.17) is 11.6 Å². The molecule has 4 heteroatoms. The van der Waals surface area contributed by atoms with Crippen molar-refractivity contribution in [3.05, 3.63) is 24.3 Å². The molecule has 0 aliphatic heterocycles. The Morgan fingerprint density at radius 1 is 1.46 bits per heavy atom. The Hall–Kier alpha value is -1.22. The lowest BCUT2D eigenvalue weighted by Gasteiger charge is -2.03. The van der Waals surface area contributed by atoms with E-state index >= 15 is 0 Å². The van der Waals surface area contributed by atoms with Crippen LogP contribution in [0, 0.1) is 0 Å². The van der Waals surface area contributed by atoms with Crippen molar-refractivity contribution in [1.82, 2.24) is 0 Å². The van der Waals surface area contributed by atoms with E-state index in [0.29, 0.717) is 5.75 Å². The van der Waals surface area contributed by atoms with Crippen LogP contribution >= 0.6 is 11.6 Å². The van der Waals surface area contributed by atoms with Gasteiger partial charge >= 0.3 is 5.43 Å². The number of ether oxygens (including phenoxy) is 1. The fraction of sp³-hybridized carbons (Fsp3) is 0.222. The van der Waals surface area contributed by atoms with E-state index in [9.17, 15) is 4.79 Å². The maximum Gasteiger partial charge on any atom is 0.409 e. The molecular formula is C9H10ClNO2. The van der Waals surface area contributed by atoms with Crippen molar-refractivity contribution < 1.29 is 9.53 Å². The van der Waals surface area contributed by atoms with Crippen molar-refractivity contribution in [1.29, 1.82) is 0 Å². The molecule has 0 saturated carbocycles. The summed E-state index contributed by atoms with van der Waals surface area (Å²) in [4.78, 5) is 10.4. The van der Waals surface area contributed by atoms with Crippen molar-refractivity contribution >= 4 is 22.7 Å². The minimum Gasteiger partial charge on any atom is -0.415 e. The van der Waals surface area contributed by atoms with Gasteiger partial charge in [0.1, 0.15) is 5.75 Å². The number of nitrogens with one attached hydrogen (secondary N) is 1. The largest absolute Gasteiger partial charge is 0.415 e. The fourth-order valence-electron chi connectivity index (χ4n) is 0.938. The summed E-state index contributed by atoms with van der Waals surface area (Å²) in [6, 6.07) is 6.99. The molecule has 3 nitrogen and oxygen atoms in total. The van der Waals surface area contributed by atoms with E-state index in [1.54, 1.807) is 12.1 Å². The van der Waals surface area contributed by atoms with Crippen molar-refractivity contribution in [2.45, 2.75) is 6.92 Å². The zero-order valence-corrected chi connectivity index (χ0v) is 7.97. The van der Waals surface area contributed by atoms with Gasteiger partial charge in [0.2, 0.25) is 0 Å². The number of benzene rings is 1. The Balaban J connectivity index is 2.64. The van der Waals surface area contributed by atoms with E-state index < -0.39 is 5.43 Å². The third kappa shape index (κ3) is 3.34. The second kappa shape index (κ2) is 4.72. The highest BCUT2D eigenvalue weighted by molar-refractivity contribution is 6.61. The molecule has 0 aromatic heterocycles. The molecule has 0 bridgehead atoms. The van der Waals surface area contributed by atoms with Crippen molar-refractivity contribution in [2.75, 3.05) is 11.9 Å². The van der Waals surface area contributed by atoms with Crippen molar-refractivity contribution in [2.24, 2.45) is 0 Å². The molecule has 70 valence electrons. The Morgan fingerprint density at radius 2 is 2.08 bits per heavy atom. The van der Waals surface area contributed by atoms with E-state index in [2.05, 4.69) is 10.1 Å². The highest BCUT2D eigenvalue weighted by Gasteiger charge is 1.98. The second-order valence-corrected chi connectivity index (χ2v) is 2.70.